The third kappa shape index (κ3) is 4.37. The number of hydrogen-bond donors (Lipinski definition) is 1. The van der Waals surface area contributed by atoms with Crippen molar-refractivity contribution in [3.63, 3.8) is 0 Å². The second-order valence-corrected chi connectivity index (χ2v) is 7.09. The van der Waals surface area contributed by atoms with E-state index in [1.54, 1.807) is 30.2 Å². The van der Waals surface area contributed by atoms with Gasteiger partial charge in [0.05, 0.1) is 12.7 Å². The number of nitrogens with one attached hydrogen (secondary N) is 1. The molecule has 0 bridgehead atoms. The molecule has 0 saturated carbocycles. The molecule has 0 radical (unpaired) electrons. The van der Waals surface area contributed by atoms with Gasteiger partial charge in [0, 0.05) is 31.6 Å². The maximum absolute atomic E-state index is 12.7. The molecule has 1 aromatic carbocycles. The first-order valence-corrected chi connectivity index (χ1v) is 9.61. The average Bonchev–Trinajstić information content (AvgIpc) is 3.41. The highest BCUT2D eigenvalue weighted by Crippen LogP contribution is 2.24. The van der Waals surface area contributed by atoms with Crippen LogP contribution in [-0.2, 0) is 16.0 Å². The summed E-state index contributed by atoms with van der Waals surface area (Å²) in [5, 5.41) is 6.97. The number of rotatable bonds is 5. The van der Waals surface area contributed by atoms with Crippen LogP contribution in [0.4, 0.5) is 5.69 Å². The molecule has 29 heavy (non-hydrogen) atoms. The summed E-state index contributed by atoms with van der Waals surface area (Å²) in [6, 6.07) is 11.1. The van der Waals surface area contributed by atoms with Crippen LogP contribution in [0.25, 0.3) is 11.6 Å². The van der Waals surface area contributed by atoms with Gasteiger partial charge in [-0.15, -0.1) is 0 Å². The van der Waals surface area contributed by atoms with Crippen LogP contribution >= 0.6 is 0 Å². The molecule has 1 aliphatic rings. The summed E-state index contributed by atoms with van der Waals surface area (Å²) in [4.78, 5) is 30.3. The molecule has 3 aromatic rings. The summed E-state index contributed by atoms with van der Waals surface area (Å²) in [5.74, 6) is 1.30. The van der Waals surface area contributed by atoms with E-state index in [0.717, 1.165) is 11.3 Å². The van der Waals surface area contributed by atoms with Crippen molar-refractivity contribution in [2.24, 2.45) is 5.92 Å². The molecule has 4 rings (SSSR count). The minimum atomic E-state index is -0.104. The number of carbonyl (C=O) groups excluding carboxylic acids is 2. The van der Waals surface area contributed by atoms with Gasteiger partial charge in [0.25, 0.3) is 0 Å². The van der Waals surface area contributed by atoms with Crippen LogP contribution in [-0.4, -0.2) is 39.9 Å². The second-order valence-electron chi connectivity index (χ2n) is 7.09. The van der Waals surface area contributed by atoms with Crippen LogP contribution in [0.3, 0.4) is 0 Å². The molecular formula is C21H22N4O4. The van der Waals surface area contributed by atoms with E-state index in [9.17, 15) is 9.59 Å². The van der Waals surface area contributed by atoms with Gasteiger partial charge in [0.2, 0.25) is 23.5 Å². The number of nitrogens with zero attached hydrogens (tertiary/aromatic N) is 3. The molecule has 3 heterocycles. The molecule has 0 spiro atoms. The number of aromatic nitrogens is 2. The number of anilines is 1. The molecular weight excluding hydrogens is 372 g/mol. The molecule has 1 fully saturated rings. The van der Waals surface area contributed by atoms with Gasteiger partial charge in [-0.1, -0.05) is 23.4 Å². The Bertz CT molecular complexity index is 988. The Kier molecular flexibility index (Phi) is 5.41. The van der Waals surface area contributed by atoms with Crippen molar-refractivity contribution in [1.29, 1.82) is 0 Å². The molecule has 1 N–H and O–H groups in total. The minimum absolute atomic E-state index is 0.0255. The van der Waals surface area contributed by atoms with Gasteiger partial charge in [-0.3, -0.25) is 9.59 Å². The highest BCUT2D eigenvalue weighted by Gasteiger charge is 2.26. The number of piperidine rings is 1. The van der Waals surface area contributed by atoms with Gasteiger partial charge in [-0.25, -0.2) is 0 Å². The van der Waals surface area contributed by atoms with Gasteiger partial charge in [-0.05, 0) is 36.6 Å². The van der Waals surface area contributed by atoms with Crippen molar-refractivity contribution in [1.82, 2.24) is 15.0 Å². The van der Waals surface area contributed by atoms with E-state index in [-0.39, 0.29) is 17.7 Å². The third-order valence-electron chi connectivity index (χ3n) is 5.14. The number of furan rings is 1. The van der Waals surface area contributed by atoms with E-state index in [0.29, 0.717) is 49.8 Å². The summed E-state index contributed by atoms with van der Waals surface area (Å²) in [7, 11) is 0. The fourth-order valence-electron chi connectivity index (χ4n) is 3.48. The summed E-state index contributed by atoms with van der Waals surface area (Å²) >= 11 is 0. The number of hydrogen-bond acceptors (Lipinski definition) is 6. The molecule has 1 aliphatic heterocycles. The maximum atomic E-state index is 12.7. The lowest BCUT2D eigenvalue weighted by atomic mass is 9.95. The van der Waals surface area contributed by atoms with Crippen LogP contribution in [0.1, 0.15) is 31.2 Å². The molecule has 8 heteroatoms. The lowest BCUT2D eigenvalue weighted by molar-refractivity contribution is -0.132. The fourth-order valence-corrected chi connectivity index (χ4v) is 3.48. The molecule has 1 saturated heterocycles. The first-order chi connectivity index (χ1) is 14.1. The van der Waals surface area contributed by atoms with E-state index < -0.39 is 0 Å². The smallest absolute Gasteiger partial charge is 0.238 e. The average molecular weight is 394 g/mol. The normalized spacial score (nSPS) is 14.7. The predicted octanol–water partition coefficient (Wildman–Crippen LogP) is 3.12. The van der Waals surface area contributed by atoms with Crippen molar-refractivity contribution in [2.75, 3.05) is 18.4 Å². The highest BCUT2D eigenvalue weighted by molar-refractivity contribution is 5.93. The quantitative estimate of drug-likeness (QED) is 0.713. The van der Waals surface area contributed by atoms with Gasteiger partial charge in [-0.2, -0.15) is 4.98 Å². The number of benzene rings is 1. The zero-order valence-corrected chi connectivity index (χ0v) is 16.1. The summed E-state index contributed by atoms with van der Waals surface area (Å²) in [6.45, 7) is 2.80. The number of amides is 2. The summed E-state index contributed by atoms with van der Waals surface area (Å²) in [6.07, 6.45) is 3.29. The predicted molar refractivity (Wildman–Crippen MR) is 105 cm³/mol. The fraction of sp³-hybridized carbons (Fsp3) is 0.333. The maximum Gasteiger partial charge on any atom is 0.238 e. The van der Waals surface area contributed by atoms with Crippen LogP contribution in [0, 0.1) is 5.92 Å². The number of para-hydroxylation sites is 1. The largest absolute Gasteiger partial charge is 0.461 e. The highest BCUT2D eigenvalue weighted by atomic mass is 16.5. The van der Waals surface area contributed by atoms with Crippen LogP contribution < -0.4 is 5.32 Å². The third-order valence-corrected chi connectivity index (χ3v) is 5.14. The minimum Gasteiger partial charge on any atom is -0.461 e. The molecule has 2 amide bonds. The van der Waals surface area contributed by atoms with Crippen molar-refractivity contribution in [3.05, 3.63) is 54.1 Å². The molecule has 0 aliphatic carbocycles. The Morgan fingerprint density at radius 1 is 1.17 bits per heavy atom. The first-order valence-electron chi connectivity index (χ1n) is 9.61. The molecule has 0 atom stereocenters. The Morgan fingerprint density at radius 2 is 1.97 bits per heavy atom. The van der Waals surface area contributed by atoms with Crippen molar-refractivity contribution >= 4 is 17.5 Å². The van der Waals surface area contributed by atoms with Crippen LogP contribution in [0.15, 0.2) is 51.6 Å². The van der Waals surface area contributed by atoms with Crippen LogP contribution in [0.2, 0.25) is 0 Å². The first kappa shape index (κ1) is 18.9. The van der Waals surface area contributed by atoms with Gasteiger partial charge in [0.1, 0.15) is 0 Å². The van der Waals surface area contributed by atoms with E-state index >= 15 is 0 Å². The van der Waals surface area contributed by atoms with E-state index in [4.69, 9.17) is 8.94 Å². The number of carbonyl (C=O) groups is 2. The lowest BCUT2D eigenvalue weighted by Crippen LogP contribution is -2.40. The van der Waals surface area contributed by atoms with Crippen molar-refractivity contribution in [3.8, 4) is 11.6 Å². The zero-order valence-electron chi connectivity index (χ0n) is 16.1. The van der Waals surface area contributed by atoms with Crippen molar-refractivity contribution < 1.29 is 18.5 Å². The van der Waals surface area contributed by atoms with Gasteiger partial charge < -0.3 is 19.2 Å². The molecule has 0 unspecified atom stereocenters. The van der Waals surface area contributed by atoms with E-state index in [1.807, 2.05) is 24.3 Å². The topological polar surface area (TPSA) is 101 Å². The molecule has 150 valence electrons. The Morgan fingerprint density at radius 3 is 2.69 bits per heavy atom. The van der Waals surface area contributed by atoms with Gasteiger partial charge in [0.15, 0.2) is 5.76 Å². The summed E-state index contributed by atoms with van der Waals surface area (Å²) in [5.41, 5.74) is 1.61. The Balaban J connectivity index is 1.42. The molecule has 2 aromatic heterocycles. The standard InChI is InChI=1S/C21H22N4O4/c1-14(26)25-10-8-15(9-11-25)21(27)22-17-6-3-2-5-16(17)13-19-23-20(24-29-19)18-7-4-12-28-18/h2-7,12,15H,8-11,13H2,1H3,(H,22,27). The second kappa shape index (κ2) is 8.30. The Hall–Kier alpha value is -3.42. The SMILES string of the molecule is CC(=O)N1CCC(C(=O)Nc2ccccc2Cc2nc(-c3ccco3)no2)CC1. The van der Waals surface area contributed by atoms with Crippen LogP contribution in [0.5, 0.6) is 0 Å². The monoisotopic (exact) mass is 394 g/mol. The van der Waals surface area contributed by atoms with E-state index in [1.165, 1.54) is 0 Å². The zero-order chi connectivity index (χ0) is 20.2. The lowest BCUT2D eigenvalue weighted by Gasteiger charge is -2.30. The Labute approximate surface area is 167 Å². The van der Waals surface area contributed by atoms with Crippen molar-refractivity contribution in [2.45, 2.75) is 26.2 Å². The van der Waals surface area contributed by atoms with E-state index in [2.05, 4.69) is 15.5 Å². The number of likely N-dealkylation sites (tertiary alicyclic amines) is 1. The molecule has 8 nitrogen and oxygen atoms in total. The van der Waals surface area contributed by atoms with Gasteiger partial charge >= 0.3 is 0 Å². The summed E-state index contributed by atoms with van der Waals surface area (Å²) < 4.78 is 10.6.